The van der Waals surface area contributed by atoms with Crippen molar-refractivity contribution in [2.24, 2.45) is 17.8 Å². The third-order valence-electron chi connectivity index (χ3n) is 7.03. The second kappa shape index (κ2) is 4.62. The molecule has 2 aromatic rings. The molecule has 4 bridgehead atoms. The van der Waals surface area contributed by atoms with E-state index in [1.54, 1.807) is 0 Å². The fraction of sp³-hybridized carbons (Fsp3) is 0.600. The highest BCUT2D eigenvalue weighted by Gasteiger charge is 2.54. The van der Waals surface area contributed by atoms with E-state index < -0.39 is 0 Å². The zero-order chi connectivity index (χ0) is 15.7. The van der Waals surface area contributed by atoms with Gasteiger partial charge in [-0.2, -0.15) is 4.98 Å². The molecule has 1 aromatic heterocycles. The molecule has 124 valence electrons. The fourth-order valence-electron chi connectivity index (χ4n) is 6.47. The number of hydrogen-bond donors (Lipinski definition) is 1. The number of fused-ring (bicyclic) bond motifs is 1. The van der Waals surface area contributed by atoms with E-state index in [0.29, 0.717) is 0 Å². The van der Waals surface area contributed by atoms with Crippen molar-refractivity contribution in [1.29, 1.82) is 0 Å². The summed E-state index contributed by atoms with van der Waals surface area (Å²) >= 11 is 0. The summed E-state index contributed by atoms with van der Waals surface area (Å²) in [6.45, 7) is 1.01. The number of hydrogen-bond acceptors (Lipinski definition) is 4. The monoisotopic (exact) mass is 321 g/mol. The maximum absolute atomic E-state index is 5.88. The Morgan fingerprint density at radius 3 is 2.54 bits per heavy atom. The molecule has 4 heteroatoms. The van der Waals surface area contributed by atoms with Crippen LogP contribution in [0.25, 0.3) is 11.4 Å². The predicted molar refractivity (Wildman–Crippen MR) is 91.8 cm³/mol. The summed E-state index contributed by atoms with van der Waals surface area (Å²) in [5.74, 6) is 4.42. The molecule has 5 aliphatic rings. The summed E-state index contributed by atoms with van der Waals surface area (Å²) in [5, 5.41) is 7.85. The normalized spacial score (nSPS) is 35.9. The van der Waals surface area contributed by atoms with Crippen molar-refractivity contribution >= 4 is 5.69 Å². The van der Waals surface area contributed by atoms with Crippen molar-refractivity contribution in [3.63, 3.8) is 0 Å². The molecule has 0 spiro atoms. The van der Waals surface area contributed by atoms with Gasteiger partial charge in [0.2, 0.25) is 11.7 Å². The summed E-state index contributed by atoms with van der Waals surface area (Å²) in [7, 11) is 0. The minimum atomic E-state index is 0.191. The van der Waals surface area contributed by atoms with Crippen LogP contribution in [0.5, 0.6) is 0 Å². The lowest BCUT2D eigenvalue weighted by molar-refractivity contribution is -0.0201. The first-order chi connectivity index (χ1) is 11.8. The van der Waals surface area contributed by atoms with Crippen LogP contribution >= 0.6 is 0 Å². The first kappa shape index (κ1) is 13.5. The van der Waals surface area contributed by atoms with Gasteiger partial charge in [0.15, 0.2) is 0 Å². The molecular formula is C20H23N3O. The highest BCUT2D eigenvalue weighted by atomic mass is 16.5. The van der Waals surface area contributed by atoms with E-state index in [1.807, 2.05) is 0 Å². The van der Waals surface area contributed by atoms with Crippen molar-refractivity contribution in [3.8, 4) is 11.4 Å². The molecular weight excluding hydrogens is 298 g/mol. The minimum Gasteiger partial charge on any atom is -0.384 e. The Kier molecular flexibility index (Phi) is 2.59. The van der Waals surface area contributed by atoms with Gasteiger partial charge in [0.25, 0.3) is 0 Å². The highest BCUT2D eigenvalue weighted by molar-refractivity contribution is 5.71. The number of anilines is 1. The Balaban J connectivity index is 1.40. The van der Waals surface area contributed by atoms with Crippen molar-refractivity contribution < 1.29 is 4.52 Å². The molecule has 24 heavy (non-hydrogen) atoms. The number of benzene rings is 1. The number of rotatable bonds is 2. The van der Waals surface area contributed by atoms with Gasteiger partial charge in [-0.3, -0.25) is 0 Å². The SMILES string of the molecule is c1cc2c(c(-c3noc(C45CC6CC(CC(C6)C4)C5)n3)c1)CCN2. The lowest BCUT2D eigenvalue weighted by Gasteiger charge is -2.55. The highest BCUT2D eigenvalue weighted by Crippen LogP contribution is 2.60. The van der Waals surface area contributed by atoms with Crippen molar-refractivity contribution in [2.75, 3.05) is 11.9 Å². The standard InChI is InChI=1S/C20H23N3O/c1-2-16(15-4-5-21-17(15)3-1)18-22-19(24-23-18)20-9-12-6-13(10-20)8-14(7-12)11-20/h1-3,12-14,21H,4-11H2. The second-order valence-corrected chi connectivity index (χ2v) is 8.63. The maximum Gasteiger partial charge on any atom is 0.233 e. The third-order valence-corrected chi connectivity index (χ3v) is 7.03. The van der Waals surface area contributed by atoms with Gasteiger partial charge in [-0.1, -0.05) is 17.3 Å². The average Bonchev–Trinajstić information content (AvgIpc) is 3.23. The lowest BCUT2D eigenvalue weighted by atomic mass is 9.49. The molecule has 0 unspecified atom stereocenters. The Morgan fingerprint density at radius 2 is 1.79 bits per heavy atom. The maximum atomic E-state index is 5.88. The van der Waals surface area contributed by atoms with E-state index in [1.165, 1.54) is 49.8 Å². The molecule has 1 aromatic carbocycles. The summed E-state index contributed by atoms with van der Waals surface area (Å²) in [4.78, 5) is 4.94. The first-order valence-electron chi connectivity index (χ1n) is 9.49. The van der Waals surface area contributed by atoms with Gasteiger partial charge in [0.05, 0.1) is 5.41 Å². The number of nitrogens with zero attached hydrogens (tertiary/aromatic N) is 2. The number of nitrogens with one attached hydrogen (secondary N) is 1. The van der Waals surface area contributed by atoms with Crippen LogP contribution in [0, 0.1) is 17.8 Å². The van der Waals surface area contributed by atoms with Gasteiger partial charge in [0, 0.05) is 17.8 Å². The van der Waals surface area contributed by atoms with Crippen LogP contribution in [-0.2, 0) is 11.8 Å². The smallest absolute Gasteiger partial charge is 0.233 e. The molecule has 0 radical (unpaired) electrons. The quantitative estimate of drug-likeness (QED) is 0.902. The van der Waals surface area contributed by atoms with Crippen LogP contribution in [-0.4, -0.2) is 16.7 Å². The Morgan fingerprint density at radius 1 is 1.04 bits per heavy atom. The molecule has 4 aliphatic carbocycles. The van der Waals surface area contributed by atoms with Crippen LogP contribution in [0.2, 0.25) is 0 Å². The van der Waals surface area contributed by atoms with E-state index >= 15 is 0 Å². The number of aromatic nitrogens is 2. The van der Waals surface area contributed by atoms with E-state index in [-0.39, 0.29) is 5.41 Å². The van der Waals surface area contributed by atoms with E-state index in [2.05, 4.69) is 28.7 Å². The molecule has 1 aliphatic heterocycles. The molecule has 7 rings (SSSR count). The van der Waals surface area contributed by atoms with Crippen molar-refractivity contribution in [1.82, 2.24) is 10.1 Å². The Labute approximate surface area is 142 Å². The minimum absolute atomic E-state index is 0.191. The first-order valence-corrected chi connectivity index (χ1v) is 9.49. The van der Waals surface area contributed by atoms with Crippen LogP contribution in [0.4, 0.5) is 5.69 Å². The van der Waals surface area contributed by atoms with Crippen molar-refractivity contribution in [2.45, 2.75) is 50.4 Å². The Hall–Kier alpha value is -1.84. The van der Waals surface area contributed by atoms with Gasteiger partial charge in [-0.15, -0.1) is 0 Å². The topological polar surface area (TPSA) is 51.0 Å². The molecule has 4 fully saturated rings. The summed E-state index contributed by atoms with van der Waals surface area (Å²) in [5.41, 5.74) is 3.91. The molecule has 0 atom stereocenters. The Bertz CT molecular complexity index is 774. The van der Waals surface area contributed by atoms with Gasteiger partial charge in [-0.25, -0.2) is 0 Å². The van der Waals surface area contributed by atoms with Gasteiger partial charge >= 0.3 is 0 Å². The van der Waals surface area contributed by atoms with Crippen LogP contribution < -0.4 is 5.32 Å². The van der Waals surface area contributed by atoms with Crippen LogP contribution in [0.1, 0.15) is 50.0 Å². The molecule has 0 amide bonds. The zero-order valence-corrected chi connectivity index (χ0v) is 13.9. The summed E-state index contributed by atoms with van der Waals surface area (Å²) < 4.78 is 5.88. The largest absolute Gasteiger partial charge is 0.384 e. The van der Waals surface area contributed by atoms with Crippen LogP contribution in [0.3, 0.4) is 0 Å². The predicted octanol–water partition coefficient (Wildman–Crippen LogP) is 4.17. The van der Waals surface area contributed by atoms with Gasteiger partial charge < -0.3 is 9.84 Å². The molecule has 4 saturated carbocycles. The molecule has 4 nitrogen and oxygen atoms in total. The average molecular weight is 321 g/mol. The zero-order valence-electron chi connectivity index (χ0n) is 13.9. The van der Waals surface area contributed by atoms with E-state index in [9.17, 15) is 0 Å². The van der Waals surface area contributed by atoms with Gasteiger partial charge in [0.1, 0.15) is 0 Å². The van der Waals surface area contributed by atoms with Gasteiger partial charge in [-0.05, 0) is 74.3 Å². The summed E-state index contributed by atoms with van der Waals surface area (Å²) in [6.07, 6.45) is 9.19. The molecule has 2 heterocycles. The van der Waals surface area contributed by atoms with Crippen LogP contribution in [0.15, 0.2) is 22.7 Å². The molecule has 0 saturated heterocycles. The van der Waals surface area contributed by atoms with E-state index in [0.717, 1.165) is 48.0 Å². The fourth-order valence-corrected chi connectivity index (χ4v) is 6.47. The van der Waals surface area contributed by atoms with Crippen molar-refractivity contribution in [3.05, 3.63) is 29.7 Å². The second-order valence-electron chi connectivity index (χ2n) is 8.63. The summed E-state index contributed by atoms with van der Waals surface area (Å²) in [6, 6.07) is 6.37. The van der Waals surface area contributed by atoms with E-state index in [4.69, 9.17) is 9.51 Å². The lowest BCUT2D eigenvalue weighted by Crippen LogP contribution is -2.48. The molecule has 1 N–H and O–H groups in total. The third kappa shape index (κ3) is 1.80.